The van der Waals surface area contributed by atoms with Crippen LogP contribution in [0.5, 0.6) is 5.75 Å². The summed E-state index contributed by atoms with van der Waals surface area (Å²) in [6.07, 6.45) is 0.615. The smallest absolute Gasteiger partial charge is 0.264 e. The number of methoxy groups -OCH3 is 2. The normalized spacial score (nSPS) is 11.0. The van der Waals surface area contributed by atoms with E-state index in [9.17, 15) is 18.0 Å². The van der Waals surface area contributed by atoms with Gasteiger partial charge in [-0.15, -0.1) is 0 Å². The van der Waals surface area contributed by atoms with Crippen molar-refractivity contribution < 1.29 is 27.5 Å². The van der Waals surface area contributed by atoms with Crippen molar-refractivity contribution in [3.63, 3.8) is 0 Å². The third-order valence-corrected chi connectivity index (χ3v) is 6.13. The number of sulfonamides is 1. The van der Waals surface area contributed by atoms with Crippen LogP contribution in [0, 0.1) is 0 Å². The second-order valence-corrected chi connectivity index (χ2v) is 8.35. The second kappa shape index (κ2) is 10.7. The number of anilines is 1. The van der Waals surface area contributed by atoms with Crippen LogP contribution in [0.25, 0.3) is 0 Å². The molecule has 0 bridgehead atoms. The van der Waals surface area contributed by atoms with Crippen LogP contribution in [-0.2, 0) is 19.6 Å². The Hall–Kier alpha value is -2.91. The first-order chi connectivity index (χ1) is 14.3. The van der Waals surface area contributed by atoms with E-state index in [1.165, 1.54) is 38.3 Å². The number of ether oxygens (including phenoxy) is 2. The molecule has 0 unspecified atom stereocenters. The van der Waals surface area contributed by atoms with E-state index >= 15 is 0 Å². The third kappa shape index (κ3) is 6.04. The van der Waals surface area contributed by atoms with Crippen LogP contribution in [0.2, 0.25) is 0 Å². The number of hydrogen-bond acceptors (Lipinski definition) is 6. The van der Waals surface area contributed by atoms with Gasteiger partial charge in [0.15, 0.2) is 5.78 Å². The lowest BCUT2D eigenvalue weighted by atomic mass is 10.2. The minimum Gasteiger partial charge on any atom is -0.497 e. The average Bonchev–Trinajstić information content (AvgIpc) is 2.75. The summed E-state index contributed by atoms with van der Waals surface area (Å²) in [5.41, 5.74) is 0.722. The van der Waals surface area contributed by atoms with E-state index < -0.39 is 22.5 Å². The molecule has 0 saturated heterocycles. The predicted molar refractivity (Wildman–Crippen MR) is 113 cm³/mol. The lowest BCUT2D eigenvalue weighted by Gasteiger charge is -2.24. The molecule has 9 heteroatoms. The number of hydrogen-bond donors (Lipinski definition) is 1. The maximum absolute atomic E-state index is 13.3. The van der Waals surface area contributed by atoms with Crippen molar-refractivity contribution in [2.24, 2.45) is 0 Å². The van der Waals surface area contributed by atoms with E-state index in [2.05, 4.69) is 5.32 Å². The molecule has 162 valence electrons. The number of rotatable bonds is 11. The molecule has 8 nitrogen and oxygen atoms in total. The van der Waals surface area contributed by atoms with Crippen molar-refractivity contribution in [1.29, 1.82) is 0 Å². The second-order valence-electron chi connectivity index (χ2n) is 6.49. The van der Waals surface area contributed by atoms with Crippen molar-refractivity contribution in [3.8, 4) is 5.75 Å². The van der Waals surface area contributed by atoms with E-state index in [-0.39, 0.29) is 10.7 Å². The largest absolute Gasteiger partial charge is 0.497 e. The fraction of sp³-hybridized carbons (Fsp3) is 0.333. The van der Waals surface area contributed by atoms with Gasteiger partial charge in [-0.3, -0.25) is 13.9 Å². The maximum Gasteiger partial charge on any atom is 0.264 e. The lowest BCUT2D eigenvalue weighted by molar-refractivity contribution is -0.119. The van der Waals surface area contributed by atoms with Crippen LogP contribution in [0.1, 0.15) is 23.7 Å². The topological polar surface area (TPSA) is 102 Å². The van der Waals surface area contributed by atoms with E-state index in [0.717, 1.165) is 4.31 Å². The number of carbonyl (C=O) groups is 2. The van der Waals surface area contributed by atoms with Crippen LogP contribution in [0.4, 0.5) is 5.69 Å². The summed E-state index contributed by atoms with van der Waals surface area (Å²) < 4.78 is 37.7. The summed E-state index contributed by atoms with van der Waals surface area (Å²) in [5.74, 6) is -0.0434. The van der Waals surface area contributed by atoms with Gasteiger partial charge in [-0.2, -0.15) is 0 Å². The first-order valence-corrected chi connectivity index (χ1v) is 10.8. The zero-order chi connectivity index (χ0) is 22.1. The summed E-state index contributed by atoms with van der Waals surface area (Å²) in [7, 11) is -0.977. The SMILES string of the molecule is COCCCNC(=O)CN(c1ccc(OC)cc1)S(=O)(=O)c1ccc(C(C)=O)cc1. The highest BCUT2D eigenvalue weighted by atomic mass is 32.2. The van der Waals surface area contributed by atoms with Crippen LogP contribution in [0.3, 0.4) is 0 Å². The van der Waals surface area contributed by atoms with Crippen molar-refractivity contribution in [3.05, 3.63) is 54.1 Å². The minimum atomic E-state index is -4.05. The average molecular weight is 435 g/mol. The van der Waals surface area contributed by atoms with Gasteiger partial charge in [-0.1, -0.05) is 12.1 Å². The standard InChI is InChI=1S/C21H26N2O6S/c1-16(24)17-5-11-20(12-6-17)30(26,27)23(15-21(25)22-13-4-14-28-2)18-7-9-19(29-3)10-8-18/h5-12H,4,13-15H2,1-3H3,(H,22,25). The molecule has 0 spiro atoms. The Balaban J connectivity index is 2.33. The summed E-state index contributed by atoms with van der Waals surface area (Å²) in [6.45, 7) is 1.87. The Morgan fingerprint density at radius 1 is 1.00 bits per heavy atom. The van der Waals surface area contributed by atoms with Gasteiger partial charge in [0.05, 0.1) is 17.7 Å². The fourth-order valence-corrected chi connectivity index (χ4v) is 4.10. The summed E-state index contributed by atoms with van der Waals surface area (Å²) in [5, 5.41) is 2.69. The minimum absolute atomic E-state index is 0.0181. The number of benzene rings is 2. The van der Waals surface area contributed by atoms with Crippen LogP contribution in [-0.4, -0.2) is 54.0 Å². The zero-order valence-electron chi connectivity index (χ0n) is 17.3. The molecule has 2 aromatic carbocycles. The molecule has 0 aliphatic rings. The van der Waals surface area contributed by atoms with E-state index in [1.54, 1.807) is 31.4 Å². The Labute approximate surface area is 176 Å². The third-order valence-electron chi connectivity index (χ3n) is 4.34. The van der Waals surface area contributed by atoms with Gasteiger partial charge in [0.2, 0.25) is 5.91 Å². The molecule has 0 aliphatic carbocycles. The Morgan fingerprint density at radius 3 is 2.17 bits per heavy atom. The van der Waals surface area contributed by atoms with E-state index in [4.69, 9.17) is 9.47 Å². The van der Waals surface area contributed by atoms with E-state index in [1.807, 2.05) is 0 Å². The number of nitrogens with zero attached hydrogens (tertiary/aromatic N) is 1. The molecule has 0 aromatic heterocycles. The molecule has 0 radical (unpaired) electrons. The molecule has 0 aliphatic heterocycles. The molecule has 0 fully saturated rings. The van der Waals surface area contributed by atoms with Crippen molar-refractivity contribution in [2.45, 2.75) is 18.2 Å². The number of ketones is 1. The molecule has 30 heavy (non-hydrogen) atoms. The molecule has 1 amide bonds. The van der Waals surface area contributed by atoms with Gasteiger partial charge < -0.3 is 14.8 Å². The van der Waals surface area contributed by atoms with Crippen molar-refractivity contribution >= 4 is 27.4 Å². The lowest BCUT2D eigenvalue weighted by Crippen LogP contribution is -2.41. The van der Waals surface area contributed by atoms with Gasteiger partial charge in [0.25, 0.3) is 10.0 Å². The van der Waals surface area contributed by atoms with Gasteiger partial charge >= 0.3 is 0 Å². The number of nitrogens with one attached hydrogen (secondary N) is 1. The Morgan fingerprint density at radius 2 is 1.63 bits per heavy atom. The van der Waals surface area contributed by atoms with Gasteiger partial charge in [-0.05, 0) is 49.7 Å². The molecule has 0 atom stereocenters. The maximum atomic E-state index is 13.3. The number of Topliss-reactive ketones (excluding diaryl/α,β-unsaturated/α-hetero) is 1. The molecule has 0 saturated carbocycles. The Bertz CT molecular complexity index is 956. The summed E-state index contributed by atoms with van der Waals surface area (Å²) >= 11 is 0. The van der Waals surface area contributed by atoms with E-state index in [0.29, 0.717) is 36.6 Å². The number of amides is 1. The first-order valence-electron chi connectivity index (χ1n) is 9.33. The molecule has 1 N–H and O–H groups in total. The fourth-order valence-electron chi connectivity index (χ4n) is 2.68. The molecular formula is C21H26N2O6S. The monoisotopic (exact) mass is 434 g/mol. The first kappa shape index (κ1) is 23.4. The molecule has 2 rings (SSSR count). The zero-order valence-corrected chi connectivity index (χ0v) is 18.1. The van der Waals surface area contributed by atoms with Gasteiger partial charge in [-0.25, -0.2) is 8.42 Å². The van der Waals surface area contributed by atoms with Crippen LogP contribution < -0.4 is 14.4 Å². The van der Waals surface area contributed by atoms with Crippen molar-refractivity contribution in [1.82, 2.24) is 5.32 Å². The highest BCUT2D eigenvalue weighted by Gasteiger charge is 2.27. The molecule has 2 aromatic rings. The van der Waals surface area contributed by atoms with Gasteiger partial charge in [0.1, 0.15) is 12.3 Å². The van der Waals surface area contributed by atoms with Crippen LogP contribution in [0.15, 0.2) is 53.4 Å². The molecule has 0 heterocycles. The highest BCUT2D eigenvalue weighted by molar-refractivity contribution is 7.92. The van der Waals surface area contributed by atoms with Crippen molar-refractivity contribution in [2.75, 3.05) is 38.2 Å². The molecular weight excluding hydrogens is 408 g/mol. The van der Waals surface area contributed by atoms with Crippen LogP contribution >= 0.6 is 0 Å². The quantitative estimate of drug-likeness (QED) is 0.430. The number of carbonyl (C=O) groups excluding carboxylic acids is 2. The Kier molecular flexibility index (Phi) is 8.37. The summed E-state index contributed by atoms with van der Waals surface area (Å²) in [4.78, 5) is 23.9. The predicted octanol–water partition coefficient (Wildman–Crippen LogP) is 2.25. The van der Waals surface area contributed by atoms with Gasteiger partial charge in [0, 0.05) is 25.8 Å². The summed E-state index contributed by atoms with van der Waals surface area (Å²) in [6, 6.07) is 12.0. The highest BCUT2D eigenvalue weighted by Crippen LogP contribution is 2.26.